The lowest BCUT2D eigenvalue weighted by molar-refractivity contribution is -0.143. The van der Waals surface area contributed by atoms with Crippen LogP contribution in [0.15, 0.2) is 28.8 Å². The number of benzene rings is 1. The number of nitrogens with zero attached hydrogens (tertiary/aromatic N) is 5. The predicted octanol–water partition coefficient (Wildman–Crippen LogP) is 6.44. The average molecular weight is 564 g/mol. The average Bonchev–Trinajstić information content (AvgIpc) is 3.54. The number of esters is 1. The van der Waals surface area contributed by atoms with Crippen LogP contribution < -0.4 is 0 Å². The highest BCUT2D eigenvalue weighted by atomic mass is 19.4. The number of hydrogen-bond donors (Lipinski definition) is 0. The third-order valence-corrected chi connectivity index (χ3v) is 6.50. The number of hydrogen-bond acceptors (Lipinski definition) is 7. The second-order valence-corrected chi connectivity index (χ2v) is 10.2. The molecule has 220 valence electrons. The molecule has 0 aliphatic heterocycles. The smallest absolute Gasteiger partial charge is 0.416 e. The Kier molecular flexibility index (Phi) is 11.3. The van der Waals surface area contributed by atoms with Crippen LogP contribution in [0.3, 0.4) is 0 Å². The van der Waals surface area contributed by atoms with E-state index in [0.29, 0.717) is 50.7 Å². The van der Waals surface area contributed by atoms with Gasteiger partial charge in [-0.3, -0.25) is 9.48 Å². The summed E-state index contributed by atoms with van der Waals surface area (Å²) in [5.74, 6) is 0.428. The van der Waals surface area contributed by atoms with Gasteiger partial charge in [-0.2, -0.15) is 23.3 Å². The van der Waals surface area contributed by atoms with Gasteiger partial charge < -0.3 is 14.2 Å². The molecule has 2 aromatic heterocycles. The predicted molar refractivity (Wildman–Crippen MR) is 146 cm³/mol. The van der Waals surface area contributed by atoms with Gasteiger partial charge in [-0.25, -0.2) is 0 Å². The van der Waals surface area contributed by atoms with Crippen LogP contribution in [0.5, 0.6) is 0 Å². The molecule has 8 nitrogen and oxygen atoms in total. The Morgan fingerprint density at radius 2 is 1.90 bits per heavy atom. The molecule has 0 fully saturated rings. The van der Waals surface area contributed by atoms with Crippen LogP contribution >= 0.6 is 0 Å². The first-order valence-corrected chi connectivity index (χ1v) is 14.0. The Labute approximate surface area is 233 Å². The highest BCUT2D eigenvalue weighted by Gasteiger charge is 2.34. The van der Waals surface area contributed by atoms with E-state index in [9.17, 15) is 18.0 Å². The standard InChI is InChI=1S/C29H40F3N5O3/c1-6-14-36(15-9-10-26(38)39-8-3)16-13-21-11-12-22(18-24(21)29(30,31)32)27-33-28(40-35-27)25-19-23(17-20(4)5)37(7-2)34-25/h11-12,18-20H,6-10,13-17H2,1-5H3. The van der Waals surface area contributed by atoms with E-state index < -0.39 is 11.7 Å². The Morgan fingerprint density at radius 3 is 2.55 bits per heavy atom. The minimum Gasteiger partial charge on any atom is -0.466 e. The minimum atomic E-state index is -4.54. The molecule has 0 saturated heterocycles. The Hall–Kier alpha value is -3.21. The second kappa shape index (κ2) is 14.4. The van der Waals surface area contributed by atoms with E-state index in [1.54, 1.807) is 13.0 Å². The molecule has 11 heteroatoms. The van der Waals surface area contributed by atoms with Crippen molar-refractivity contribution in [3.05, 3.63) is 41.1 Å². The number of ether oxygens (including phenoxy) is 1. The van der Waals surface area contributed by atoms with E-state index in [0.717, 1.165) is 31.1 Å². The molecular weight excluding hydrogens is 523 g/mol. The number of aromatic nitrogens is 4. The molecule has 3 rings (SSSR count). The number of alkyl halides is 3. The van der Waals surface area contributed by atoms with E-state index in [2.05, 4.69) is 34.0 Å². The number of rotatable bonds is 15. The number of carbonyl (C=O) groups excluding carboxylic acids is 1. The van der Waals surface area contributed by atoms with E-state index in [4.69, 9.17) is 9.26 Å². The maximum absolute atomic E-state index is 14.1. The molecule has 0 aliphatic rings. The van der Waals surface area contributed by atoms with Gasteiger partial charge >= 0.3 is 12.1 Å². The third kappa shape index (κ3) is 8.64. The first-order chi connectivity index (χ1) is 19.0. The first kappa shape index (κ1) is 31.3. The topological polar surface area (TPSA) is 86.3 Å². The van der Waals surface area contributed by atoms with Gasteiger partial charge in [0.2, 0.25) is 5.82 Å². The maximum atomic E-state index is 14.1. The molecule has 3 aromatic rings. The fraction of sp³-hybridized carbons (Fsp3) is 0.586. The van der Waals surface area contributed by atoms with Crippen molar-refractivity contribution in [3.63, 3.8) is 0 Å². The Balaban J connectivity index is 1.77. The zero-order valence-electron chi connectivity index (χ0n) is 24.1. The largest absolute Gasteiger partial charge is 0.466 e. The quantitative estimate of drug-likeness (QED) is 0.197. The molecular formula is C29H40F3N5O3. The zero-order valence-corrected chi connectivity index (χ0v) is 24.1. The van der Waals surface area contributed by atoms with Crippen molar-refractivity contribution in [2.75, 3.05) is 26.2 Å². The number of halogens is 3. The summed E-state index contributed by atoms with van der Waals surface area (Å²) in [6.07, 6.45) is -1.73. The van der Waals surface area contributed by atoms with Crippen molar-refractivity contribution < 1.29 is 27.2 Å². The summed E-state index contributed by atoms with van der Waals surface area (Å²) in [6.45, 7) is 12.8. The minimum absolute atomic E-state index is 0.0788. The van der Waals surface area contributed by atoms with Crippen LogP contribution in [-0.4, -0.2) is 57.0 Å². The van der Waals surface area contributed by atoms with Gasteiger partial charge in [0.05, 0.1) is 12.2 Å². The summed E-state index contributed by atoms with van der Waals surface area (Å²) >= 11 is 0. The normalized spacial score (nSPS) is 12.1. The van der Waals surface area contributed by atoms with E-state index in [1.165, 1.54) is 6.07 Å². The summed E-state index contributed by atoms with van der Waals surface area (Å²) in [4.78, 5) is 18.1. The lowest BCUT2D eigenvalue weighted by atomic mass is 10.00. The molecule has 0 bridgehead atoms. The van der Waals surface area contributed by atoms with E-state index >= 15 is 0 Å². The van der Waals surface area contributed by atoms with Crippen LogP contribution in [0, 0.1) is 5.92 Å². The fourth-order valence-corrected chi connectivity index (χ4v) is 4.67. The Bertz CT molecular complexity index is 1240. The molecule has 0 unspecified atom stereocenters. The molecule has 2 heterocycles. The zero-order chi connectivity index (χ0) is 29.3. The SMILES string of the molecule is CCCN(CCCC(=O)OCC)CCc1ccc(-c2noc(-c3cc(CC(C)C)n(CC)n3)n2)cc1C(F)(F)F. The van der Waals surface area contributed by atoms with Crippen LogP contribution in [0.25, 0.3) is 23.0 Å². The van der Waals surface area contributed by atoms with Gasteiger partial charge in [0.15, 0.2) is 5.69 Å². The maximum Gasteiger partial charge on any atom is 0.416 e. The second-order valence-electron chi connectivity index (χ2n) is 10.2. The molecule has 0 atom stereocenters. The summed E-state index contributed by atoms with van der Waals surface area (Å²) in [5, 5.41) is 8.49. The van der Waals surface area contributed by atoms with Gasteiger partial charge in [0, 0.05) is 30.8 Å². The van der Waals surface area contributed by atoms with E-state index in [-0.39, 0.29) is 35.2 Å². The lowest BCUT2D eigenvalue weighted by Gasteiger charge is -2.22. The van der Waals surface area contributed by atoms with Crippen molar-refractivity contribution >= 4 is 5.97 Å². The summed E-state index contributed by atoms with van der Waals surface area (Å²) in [7, 11) is 0. The van der Waals surface area contributed by atoms with Crippen molar-refractivity contribution in [1.82, 2.24) is 24.8 Å². The first-order valence-electron chi connectivity index (χ1n) is 14.0. The Morgan fingerprint density at radius 1 is 1.12 bits per heavy atom. The summed E-state index contributed by atoms with van der Waals surface area (Å²) in [6, 6.07) is 6.06. The highest BCUT2D eigenvalue weighted by Crippen LogP contribution is 2.35. The molecule has 0 radical (unpaired) electrons. The molecule has 1 aromatic carbocycles. The van der Waals surface area contributed by atoms with Gasteiger partial charge in [-0.05, 0) is 76.2 Å². The molecule has 40 heavy (non-hydrogen) atoms. The molecule has 0 amide bonds. The lowest BCUT2D eigenvalue weighted by Crippen LogP contribution is -2.29. The van der Waals surface area contributed by atoms with Crippen LogP contribution in [0.1, 0.15) is 70.7 Å². The number of aryl methyl sites for hydroxylation is 1. The van der Waals surface area contributed by atoms with Crippen molar-refractivity contribution in [1.29, 1.82) is 0 Å². The van der Waals surface area contributed by atoms with Crippen LogP contribution in [0.2, 0.25) is 0 Å². The van der Waals surface area contributed by atoms with Crippen LogP contribution in [0.4, 0.5) is 13.2 Å². The van der Waals surface area contributed by atoms with E-state index in [1.807, 2.05) is 24.6 Å². The number of carbonyl (C=O) groups is 1. The fourth-order valence-electron chi connectivity index (χ4n) is 4.67. The van der Waals surface area contributed by atoms with Gasteiger partial charge in [0.1, 0.15) is 0 Å². The monoisotopic (exact) mass is 563 g/mol. The van der Waals surface area contributed by atoms with Gasteiger partial charge in [-0.15, -0.1) is 0 Å². The van der Waals surface area contributed by atoms with Crippen molar-refractivity contribution in [2.24, 2.45) is 5.92 Å². The molecule has 0 spiro atoms. The molecule has 0 N–H and O–H groups in total. The summed E-state index contributed by atoms with van der Waals surface area (Å²) in [5.41, 5.74) is 1.25. The van der Waals surface area contributed by atoms with Crippen molar-refractivity contribution in [2.45, 2.75) is 79.4 Å². The summed E-state index contributed by atoms with van der Waals surface area (Å²) < 4.78 is 54.5. The van der Waals surface area contributed by atoms with Crippen molar-refractivity contribution in [3.8, 4) is 23.0 Å². The third-order valence-electron chi connectivity index (χ3n) is 6.50. The van der Waals surface area contributed by atoms with Gasteiger partial charge in [-0.1, -0.05) is 38.1 Å². The van der Waals surface area contributed by atoms with Gasteiger partial charge in [0.25, 0.3) is 5.89 Å². The molecule has 0 saturated carbocycles. The highest BCUT2D eigenvalue weighted by molar-refractivity contribution is 5.69. The van der Waals surface area contributed by atoms with Crippen LogP contribution in [-0.2, 0) is 35.1 Å². The molecule has 0 aliphatic carbocycles.